The summed E-state index contributed by atoms with van der Waals surface area (Å²) in [5, 5.41) is 3.01. The van der Waals surface area contributed by atoms with E-state index in [1.165, 1.54) is 0 Å². The number of nitrogens with one attached hydrogen (secondary N) is 1. The second-order valence-electron chi connectivity index (χ2n) is 8.87. The van der Waals surface area contributed by atoms with Gasteiger partial charge >= 0.3 is 0 Å². The number of ether oxygens (including phenoxy) is 2. The maximum absolute atomic E-state index is 13.1. The molecule has 0 saturated carbocycles. The van der Waals surface area contributed by atoms with Crippen molar-refractivity contribution in [2.75, 3.05) is 45.2 Å². The van der Waals surface area contributed by atoms with Gasteiger partial charge in [0.25, 0.3) is 5.91 Å². The lowest BCUT2D eigenvalue weighted by atomic mass is 10.1. The maximum atomic E-state index is 13.1. The third-order valence-corrected chi connectivity index (χ3v) is 6.46. The highest BCUT2D eigenvalue weighted by atomic mass is 16.5. The second kappa shape index (κ2) is 11.7. The van der Waals surface area contributed by atoms with E-state index in [0.29, 0.717) is 56.4 Å². The van der Waals surface area contributed by atoms with Gasteiger partial charge in [0.1, 0.15) is 6.61 Å². The number of methoxy groups -OCH3 is 1. The van der Waals surface area contributed by atoms with Crippen molar-refractivity contribution in [2.45, 2.75) is 20.5 Å². The number of hydrogen-bond acceptors (Lipinski definition) is 6. The van der Waals surface area contributed by atoms with E-state index in [9.17, 15) is 9.59 Å². The first kappa shape index (κ1) is 25.2. The number of aromatic nitrogens is 1. The number of nitrogens with zero attached hydrogens (tertiary/aromatic N) is 3. The van der Waals surface area contributed by atoms with Gasteiger partial charge in [-0.25, -0.2) is 0 Å². The van der Waals surface area contributed by atoms with Crippen LogP contribution in [0.25, 0.3) is 0 Å². The summed E-state index contributed by atoms with van der Waals surface area (Å²) in [5.41, 5.74) is 4.60. The van der Waals surface area contributed by atoms with Crippen LogP contribution in [0.15, 0.2) is 60.9 Å². The Morgan fingerprint density at radius 3 is 2.44 bits per heavy atom. The van der Waals surface area contributed by atoms with E-state index >= 15 is 0 Å². The molecule has 2 heterocycles. The minimum Gasteiger partial charge on any atom is -0.493 e. The van der Waals surface area contributed by atoms with Gasteiger partial charge < -0.3 is 19.7 Å². The lowest BCUT2D eigenvalue weighted by molar-refractivity contribution is -0.117. The zero-order chi connectivity index (χ0) is 25.5. The average Bonchev–Trinajstić information content (AvgIpc) is 2.90. The summed E-state index contributed by atoms with van der Waals surface area (Å²) in [6.45, 7) is 7.09. The largest absolute Gasteiger partial charge is 0.493 e. The Kier molecular flexibility index (Phi) is 8.17. The molecule has 1 fully saturated rings. The number of hydrogen-bond donors (Lipinski definition) is 1. The topological polar surface area (TPSA) is 84.0 Å². The first-order valence-electron chi connectivity index (χ1n) is 12.0. The number of carbonyl (C=O) groups excluding carboxylic acids is 2. The van der Waals surface area contributed by atoms with Crippen LogP contribution < -0.4 is 14.8 Å². The minimum atomic E-state index is -0.0616. The number of rotatable bonds is 8. The van der Waals surface area contributed by atoms with Gasteiger partial charge in [-0.15, -0.1) is 0 Å². The van der Waals surface area contributed by atoms with Gasteiger partial charge in [0.05, 0.1) is 13.7 Å². The molecule has 1 aromatic heterocycles. The number of anilines is 1. The molecule has 0 aliphatic carbocycles. The van der Waals surface area contributed by atoms with Crippen LogP contribution in [0.2, 0.25) is 0 Å². The fourth-order valence-electron chi connectivity index (χ4n) is 4.13. The number of amides is 2. The zero-order valence-corrected chi connectivity index (χ0v) is 21.0. The van der Waals surface area contributed by atoms with Gasteiger partial charge in [0.2, 0.25) is 5.91 Å². The molecule has 36 heavy (non-hydrogen) atoms. The SMILES string of the molecule is COc1cc(C(=O)N2CCN(CC(=O)Nc3cccc(C)c3C)CC2)ccc1OCc1ccncc1. The Morgan fingerprint density at radius 2 is 1.72 bits per heavy atom. The summed E-state index contributed by atoms with van der Waals surface area (Å²) in [4.78, 5) is 33.6. The van der Waals surface area contributed by atoms with E-state index in [1.807, 2.05) is 49.1 Å². The van der Waals surface area contributed by atoms with E-state index in [-0.39, 0.29) is 11.8 Å². The van der Waals surface area contributed by atoms with Crippen molar-refractivity contribution in [2.24, 2.45) is 0 Å². The van der Waals surface area contributed by atoms with Gasteiger partial charge in [0, 0.05) is 49.8 Å². The molecule has 8 nitrogen and oxygen atoms in total. The van der Waals surface area contributed by atoms with Gasteiger partial charge in [-0.05, 0) is 66.9 Å². The third kappa shape index (κ3) is 6.20. The number of benzene rings is 2. The Balaban J connectivity index is 1.30. The Morgan fingerprint density at radius 1 is 0.972 bits per heavy atom. The van der Waals surface area contributed by atoms with Crippen molar-refractivity contribution in [3.05, 3.63) is 83.2 Å². The molecule has 8 heteroatoms. The van der Waals surface area contributed by atoms with E-state index in [1.54, 1.807) is 37.7 Å². The molecular weight excluding hydrogens is 456 g/mol. The molecule has 1 aliphatic heterocycles. The van der Waals surface area contributed by atoms with Crippen molar-refractivity contribution < 1.29 is 19.1 Å². The molecule has 1 aliphatic rings. The smallest absolute Gasteiger partial charge is 0.254 e. The summed E-state index contributed by atoms with van der Waals surface area (Å²) in [7, 11) is 1.56. The van der Waals surface area contributed by atoms with Crippen molar-refractivity contribution >= 4 is 17.5 Å². The number of aryl methyl sites for hydroxylation is 1. The van der Waals surface area contributed by atoms with Gasteiger partial charge in [-0.2, -0.15) is 0 Å². The molecule has 1 N–H and O–H groups in total. The fraction of sp³-hybridized carbons (Fsp3) is 0.321. The summed E-state index contributed by atoms with van der Waals surface area (Å²) < 4.78 is 11.4. The average molecular weight is 489 g/mol. The van der Waals surface area contributed by atoms with E-state index in [4.69, 9.17) is 9.47 Å². The quantitative estimate of drug-likeness (QED) is 0.521. The summed E-state index contributed by atoms with van der Waals surface area (Å²) >= 11 is 0. The summed E-state index contributed by atoms with van der Waals surface area (Å²) in [6.07, 6.45) is 3.43. The van der Waals surface area contributed by atoms with E-state index < -0.39 is 0 Å². The van der Waals surface area contributed by atoms with E-state index in [2.05, 4.69) is 15.2 Å². The van der Waals surface area contributed by atoms with Crippen molar-refractivity contribution in [3.63, 3.8) is 0 Å². The van der Waals surface area contributed by atoms with Crippen LogP contribution in [0.4, 0.5) is 5.69 Å². The van der Waals surface area contributed by atoms with Crippen molar-refractivity contribution in [1.82, 2.24) is 14.8 Å². The molecule has 0 atom stereocenters. The molecule has 0 bridgehead atoms. The van der Waals surface area contributed by atoms with Crippen LogP contribution in [0.3, 0.4) is 0 Å². The molecule has 4 rings (SSSR count). The summed E-state index contributed by atoms with van der Waals surface area (Å²) in [6, 6.07) is 14.9. The Hall–Kier alpha value is -3.91. The normalized spacial score (nSPS) is 13.8. The molecule has 2 aromatic carbocycles. The molecule has 188 valence electrons. The number of piperazine rings is 1. The molecule has 1 saturated heterocycles. The molecular formula is C28H32N4O4. The standard InChI is InChI=1S/C28H32N4O4/c1-20-5-4-6-24(21(20)2)30-27(33)18-31-13-15-32(16-14-31)28(34)23-7-8-25(26(17-23)35-3)36-19-22-9-11-29-12-10-22/h4-12,17H,13-16,18-19H2,1-3H3,(H,30,33). The van der Waals surface area contributed by atoms with Crippen LogP contribution in [0.5, 0.6) is 11.5 Å². The second-order valence-corrected chi connectivity index (χ2v) is 8.87. The maximum Gasteiger partial charge on any atom is 0.254 e. The highest BCUT2D eigenvalue weighted by molar-refractivity contribution is 5.95. The highest BCUT2D eigenvalue weighted by Gasteiger charge is 2.24. The predicted molar refractivity (Wildman–Crippen MR) is 138 cm³/mol. The Bertz CT molecular complexity index is 1210. The lowest BCUT2D eigenvalue weighted by Gasteiger charge is -2.34. The van der Waals surface area contributed by atoms with Crippen LogP contribution >= 0.6 is 0 Å². The van der Waals surface area contributed by atoms with Gasteiger partial charge in [0.15, 0.2) is 11.5 Å². The Labute approximate surface area is 211 Å². The monoisotopic (exact) mass is 488 g/mol. The zero-order valence-electron chi connectivity index (χ0n) is 21.0. The molecule has 2 amide bonds. The molecule has 0 radical (unpaired) electrons. The van der Waals surface area contributed by atoms with E-state index in [0.717, 1.165) is 22.4 Å². The number of pyridine rings is 1. The van der Waals surface area contributed by atoms with Crippen LogP contribution in [0.1, 0.15) is 27.0 Å². The molecule has 0 unspecified atom stereocenters. The summed E-state index contributed by atoms with van der Waals surface area (Å²) in [5.74, 6) is 0.978. The number of carbonyl (C=O) groups is 2. The highest BCUT2D eigenvalue weighted by Crippen LogP contribution is 2.29. The van der Waals surface area contributed by atoms with Gasteiger partial charge in [-0.1, -0.05) is 12.1 Å². The third-order valence-electron chi connectivity index (χ3n) is 6.46. The first-order chi connectivity index (χ1) is 17.4. The molecule has 3 aromatic rings. The van der Waals surface area contributed by atoms with Crippen LogP contribution in [-0.2, 0) is 11.4 Å². The molecule has 0 spiro atoms. The fourth-order valence-corrected chi connectivity index (χ4v) is 4.13. The van der Waals surface area contributed by atoms with Crippen molar-refractivity contribution in [3.8, 4) is 11.5 Å². The van der Waals surface area contributed by atoms with Crippen LogP contribution in [-0.4, -0.2) is 66.4 Å². The van der Waals surface area contributed by atoms with Crippen LogP contribution in [0, 0.1) is 13.8 Å². The van der Waals surface area contributed by atoms with Crippen molar-refractivity contribution in [1.29, 1.82) is 0 Å². The predicted octanol–water partition coefficient (Wildman–Crippen LogP) is 3.68. The van der Waals surface area contributed by atoms with Gasteiger partial charge in [-0.3, -0.25) is 19.5 Å². The first-order valence-corrected chi connectivity index (χ1v) is 12.0. The minimum absolute atomic E-state index is 0.0458. The lowest BCUT2D eigenvalue weighted by Crippen LogP contribution is -2.50.